The highest BCUT2D eigenvalue weighted by Gasteiger charge is 2.13. The van der Waals surface area contributed by atoms with Crippen molar-refractivity contribution in [1.29, 1.82) is 0 Å². The van der Waals surface area contributed by atoms with Gasteiger partial charge in [-0.3, -0.25) is 4.98 Å². The molecule has 0 fully saturated rings. The summed E-state index contributed by atoms with van der Waals surface area (Å²) in [5.74, 6) is 0. The molecule has 1 aromatic heterocycles. The van der Waals surface area contributed by atoms with Crippen molar-refractivity contribution in [2.24, 2.45) is 5.73 Å². The molecular weight excluding hydrogens is 176 g/mol. The van der Waals surface area contributed by atoms with Crippen molar-refractivity contribution in [2.45, 2.75) is 32.4 Å². The van der Waals surface area contributed by atoms with Crippen LogP contribution >= 0.6 is 0 Å². The predicted octanol–water partition coefficient (Wildman–Crippen LogP) is 1.38. The molecule has 0 aliphatic heterocycles. The fourth-order valence-corrected chi connectivity index (χ4v) is 1.31. The molecule has 0 bridgehead atoms. The van der Waals surface area contributed by atoms with E-state index in [4.69, 9.17) is 10.5 Å². The lowest BCUT2D eigenvalue weighted by atomic mass is 10.1. The minimum Gasteiger partial charge on any atom is -0.377 e. The summed E-state index contributed by atoms with van der Waals surface area (Å²) in [4.78, 5) is 4.23. The standard InChI is InChI=1S/C11H18N2O/c1-3-14-9(2)11(12)8-10-6-4-5-7-13-10/h4-7,9,11H,3,8,12H2,1-2H3. The SMILES string of the molecule is CCOC(C)C(N)Cc1ccccn1. The molecule has 0 amide bonds. The lowest BCUT2D eigenvalue weighted by Crippen LogP contribution is -2.36. The first-order chi connectivity index (χ1) is 6.74. The smallest absolute Gasteiger partial charge is 0.0701 e. The molecule has 0 aliphatic rings. The Kier molecular flexibility index (Phi) is 4.56. The van der Waals surface area contributed by atoms with Crippen molar-refractivity contribution in [3.63, 3.8) is 0 Å². The summed E-state index contributed by atoms with van der Waals surface area (Å²) in [6.45, 7) is 4.68. The van der Waals surface area contributed by atoms with Gasteiger partial charge in [0.05, 0.1) is 6.10 Å². The highest BCUT2D eigenvalue weighted by molar-refractivity contribution is 5.05. The third-order valence-corrected chi connectivity index (χ3v) is 2.20. The van der Waals surface area contributed by atoms with E-state index in [1.165, 1.54) is 0 Å². The zero-order chi connectivity index (χ0) is 10.4. The Balaban J connectivity index is 2.44. The predicted molar refractivity (Wildman–Crippen MR) is 57.0 cm³/mol. The Morgan fingerprint density at radius 3 is 2.86 bits per heavy atom. The van der Waals surface area contributed by atoms with Crippen LogP contribution in [0.25, 0.3) is 0 Å². The van der Waals surface area contributed by atoms with Crippen molar-refractivity contribution in [3.8, 4) is 0 Å². The summed E-state index contributed by atoms with van der Waals surface area (Å²) in [6, 6.07) is 5.88. The molecule has 0 aliphatic carbocycles. The Labute approximate surface area is 85.3 Å². The third kappa shape index (κ3) is 3.44. The van der Waals surface area contributed by atoms with Crippen LogP contribution in [-0.2, 0) is 11.2 Å². The Morgan fingerprint density at radius 2 is 2.29 bits per heavy atom. The van der Waals surface area contributed by atoms with Crippen LogP contribution in [0, 0.1) is 0 Å². The van der Waals surface area contributed by atoms with Gasteiger partial charge < -0.3 is 10.5 Å². The molecule has 0 saturated carbocycles. The lowest BCUT2D eigenvalue weighted by Gasteiger charge is -2.19. The first-order valence-corrected chi connectivity index (χ1v) is 5.01. The highest BCUT2D eigenvalue weighted by atomic mass is 16.5. The van der Waals surface area contributed by atoms with Gasteiger partial charge in [-0.15, -0.1) is 0 Å². The van der Waals surface area contributed by atoms with E-state index in [1.807, 2.05) is 32.0 Å². The van der Waals surface area contributed by atoms with Crippen LogP contribution in [0.1, 0.15) is 19.5 Å². The largest absolute Gasteiger partial charge is 0.377 e. The molecule has 2 unspecified atom stereocenters. The quantitative estimate of drug-likeness (QED) is 0.770. The molecule has 3 heteroatoms. The molecular formula is C11H18N2O. The first-order valence-electron chi connectivity index (χ1n) is 5.01. The van der Waals surface area contributed by atoms with E-state index in [-0.39, 0.29) is 12.1 Å². The van der Waals surface area contributed by atoms with Crippen LogP contribution in [0.3, 0.4) is 0 Å². The zero-order valence-electron chi connectivity index (χ0n) is 8.81. The molecule has 1 heterocycles. The minimum atomic E-state index is 0.0184. The van der Waals surface area contributed by atoms with Gasteiger partial charge in [0.2, 0.25) is 0 Å². The average Bonchev–Trinajstić information content (AvgIpc) is 2.19. The molecule has 1 rings (SSSR count). The topological polar surface area (TPSA) is 48.1 Å². The maximum Gasteiger partial charge on any atom is 0.0701 e. The van der Waals surface area contributed by atoms with Gasteiger partial charge in [0, 0.05) is 31.0 Å². The third-order valence-electron chi connectivity index (χ3n) is 2.20. The number of aromatic nitrogens is 1. The fourth-order valence-electron chi connectivity index (χ4n) is 1.31. The van der Waals surface area contributed by atoms with Gasteiger partial charge in [0.1, 0.15) is 0 Å². The molecule has 0 saturated heterocycles. The molecule has 2 atom stereocenters. The molecule has 0 aromatic carbocycles. The first kappa shape index (κ1) is 11.1. The van der Waals surface area contributed by atoms with Crippen molar-refractivity contribution < 1.29 is 4.74 Å². The van der Waals surface area contributed by atoms with E-state index >= 15 is 0 Å². The van der Waals surface area contributed by atoms with Gasteiger partial charge in [0.25, 0.3) is 0 Å². The second-order valence-corrected chi connectivity index (χ2v) is 3.35. The Hall–Kier alpha value is -0.930. The van der Waals surface area contributed by atoms with Crippen molar-refractivity contribution in [2.75, 3.05) is 6.61 Å². The monoisotopic (exact) mass is 194 g/mol. The normalized spacial score (nSPS) is 15.1. The molecule has 78 valence electrons. The van der Waals surface area contributed by atoms with Crippen LogP contribution in [0.4, 0.5) is 0 Å². The summed E-state index contributed by atoms with van der Waals surface area (Å²) in [7, 11) is 0. The maximum absolute atomic E-state index is 5.97. The number of rotatable bonds is 5. The van der Waals surface area contributed by atoms with E-state index in [0.29, 0.717) is 6.61 Å². The number of pyridine rings is 1. The molecule has 0 spiro atoms. The van der Waals surface area contributed by atoms with Crippen molar-refractivity contribution in [3.05, 3.63) is 30.1 Å². The molecule has 14 heavy (non-hydrogen) atoms. The van der Waals surface area contributed by atoms with E-state index in [0.717, 1.165) is 12.1 Å². The van der Waals surface area contributed by atoms with Crippen LogP contribution in [0.2, 0.25) is 0 Å². The lowest BCUT2D eigenvalue weighted by molar-refractivity contribution is 0.0575. The van der Waals surface area contributed by atoms with Crippen molar-refractivity contribution in [1.82, 2.24) is 4.98 Å². The van der Waals surface area contributed by atoms with Crippen LogP contribution < -0.4 is 5.73 Å². The second kappa shape index (κ2) is 5.73. The Bertz CT molecular complexity index is 251. The highest BCUT2D eigenvalue weighted by Crippen LogP contribution is 2.03. The van der Waals surface area contributed by atoms with E-state index in [9.17, 15) is 0 Å². The van der Waals surface area contributed by atoms with Crippen LogP contribution in [-0.4, -0.2) is 23.7 Å². The maximum atomic E-state index is 5.97. The molecule has 2 N–H and O–H groups in total. The molecule has 1 aromatic rings. The van der Waals surface area contributed by atoms with Gasteiger partial charge in [0.15, 0.2) is 0 Å². The summed E-state index contributed by atoms with van der Waals surface area (Å²) in [5.41, 5.74) is 6.99. The van der Waals surface area contributed by atoms with Gasteiger partial charge >= 0.3 is 0 Å². The van der Waals surface area contributed by atoms with Crippen LogP contribution in [0.5, 0.6) is 0 Å². The van der Waals surface area contributed by atoms with E-state index < -0.39 is 0 Å². The number of hydrogen-bond donors (Lipinski definition) is 1. The van der Waals surface area contributed by atoms with Gasteiger partial charge in [-0.2, -0.15) is 0 Å². The zero-order valence-corrected chi connectivity index (χ0v) is 8.81. The van der Waals surface area contributed by atoms with E-state index in [2.05, 4.69) is 4.98 Å². The minimum absolute atomic E-state index is 0.0184. The Morgan fingerprint density at radius 1 is 1.50 bits per heavy atom. The average molecular weight is 194 g/mol. The van der Waals surface area contributed by atoms with Gasteiger partial charge in [-0.1, -0.05) is 6.07 Å². The number of hydrogen-bond acceptors (Lipinski definition) is 3. The van der Waals surface area contributed by atoms with Gasteiger partial charge in [-0.05, 0) is 26.0 Å². The number of nitrogens with two attached hydrogens (primary N) is 1. The van der Waals surface area contributed by atoms with Gasteiger partial charge in [-0.25, -0.2) is 0 Å². The fraction of sp³-hybridized carbons (Fsp3) is 0.545. The molecule has 0 radical (unpaired) electrons. The second-order valence-electron chi connectivity index (χ2n) is 3.35. The summed E-state index contributed by atoms with van der Waals surface area (Å²) < 4.78 is 5.42. The number of ether oxygens (including phenoxy) is 1. The summed E-state index contributed by atoms with van der Waals surface area (Å²) in [6.07, 6.45) is 2.64. The van der Waals surface area contributed by atoms with E-state index in [1.54, 1.807) is 6.20 Å². The van der Waals surface area contributed by atoms with Crippen molar-refractivity contribution >= 4 is 0 Å². The summed E-state index contributed by atoms with van der Waals surface area (Å²) in [5, 5.41) is 0. The molecule has 3 nitrogen and oxygen atoms in total. The number of nitrogens with zero attached hydrogens (tertiary/aromatic N) is 1. The van der Waals surface area contributed by atoms with Crippen LogP contribution in [0.15, 0.2) is 24.4 Å². The summed E-state index contributed by atoms with van der Waals surface area (Å²) >= 11 is 0.